The van der Waals surface area contributed by atoms with Crippen molar-refractivity contribution < 1.29 is 13.2 Å². The van der Waals surface area contributed by atoms with Crippen LogP contribution in [0.25, 0.3) is 0 Å². The summed E-state index contributed by atoms with van der Waals surface area (Å²) in [5.41, 5.74) is 1.52. The zero-order valence-electron chi connectivity index (χ0n) is 12.8. The Morgan fingerprint density at radius 2 is 2.13 bits per heavy atom. The van der Waals surface area contributed by atoms with E-state index in [1.54, 1.807) is 32.4 Å². The lowest BCUT2D eigenvalue weighted by Gasteiger charge is -2.11. The fourth-order valence-electron chi connectivity index (χ4n) is 2.69. The first kappa shape index (κ1) is 16.2. The predicted molar refractivity (Wildman–Crippen MR) is 88.4 cm³/mol. The Bertz CT molecular complexity index is 839. The summed E-state index contributed by atoms with van der Waals surface area (Å²) in [6.07, 6.45) is 3.63. The van der Waals surface area contributed by atoms with Gasteiger partial charge in [0, 0.05) is 34.9 Å². The number of aromatic nitrogens is 1. The van der Waals surface area contributed by atoms with Crippen molar-refractivity contribution in [2.45, 2.75) is 30.2 Å². The van der Waals surface area contributed by atoms with Gasteiger partial charge in [-0.2, -0.15) is 0 Å². The first-order chi connectivity index (χ1) is 10.9. The number of pyridine rings is 1. The number of nitrogens with one attached hydrogen (secondary N) is 1. The number of benzene rings is 1. The molecule has 1 aromatic carbocycles. The second kappa shape index (κ2) is 6.11. The molecule has 122 valence electrons. The molecule has 1 fully saturated rings. The summed E-state index contributed by atoms with van der Waals surface area (Å²) >= 11 is 6.25. The standard InChI is InChI=1S/C16H17ClN2O3S/c1-10-6-7-18-9-15(10)23(20,21)19-13-8-11(13)16-12(17)4-3-5-14(16)22-2/h3-7,9,11,13,19H,8H2,1-2H3/t11-,13-/m1/s1. The van der Waals surface area contributed by atoms with Crippen LogP contribution in [0.3, 0.4) is 0 Å². The maximum absolute atomic E-state index is 12.5. The Morgan fingerprint density at radius 1 is 1.35 bits per heavy atom. The Labute approximate surface area is 140 Å². The number of hydrogen-bond donors (Lipinski definition) is 1. The summed E-state index contributed by atoms with van der Waals surface area (Å²) in [5, 5.41) is 0.591. The molecule has 5 nitrogen and oxygen atoms in total. The third-order valence-electron chi connectivity index (χ3n) is 3.98. The van der Waals surface area contributed by atoms with Crippen LogP contribution in [0.5, 0.6) is 5.75 Å². The third kappa shape index (κ3) is 3.20. The highest BCUT2D eigenvalue weighted by Gasteiger charge is 2.44. The predicted octanol–water partition coefficient (Wildman–Crippen LogP) is 2.89. The number of aryl methyl sites for hydroxylation is 1. The zero-order chi connectivity index (χ0) is 16.6. The summed E-state index contributed by atoms with van der Waals surface area (Å²) in [6.45, 7) is 1.75. The van der Waals surface area contributed by atoms with Crippen molar-refractivity contribution in [1.82, 2.24) is 9.71 Å². The quantitative estimate of drug-likeness (QED) is 0.898. The smallest absolute Gasteiger partial charge is 0.242 e. The second-order valence-electron chi connectivity index (χ2n) is 5.57. The van der Waals surface area contributed by atoms with Gasteiger partial charge in [-0.15, -0.1) is 0 Å². The van der Waals surface area contributed by atoms with Crippen LogP contribution in [-0.4, -0.2) is 26.6 Å². The molecule has 1 aliphatic rings. The number of methoxy groups -OCH3 is 1. The van der Waals surface area contributed by atoms with Gasteiger partial charge in [-0.25, -0.2) is 13.1 Å². The number of ether oxygens (including phenoxy) is 1. The number of hydrogen-bond acceptors (Lipinski definition) is 4. The molecule has 0 aliphatic heterocycles. The summed E-state index contributed by atoms with van der Waals surface area (Å²) in [5.74, 6) is 0.701. The van der Waals surface area contributed by atoms with Gasteiger partial charge in [0.15, 0.2) is 0 Å². The largest absolute Gasteiger partial charge is 0.496 e. The maximum atomic E-state index is 12.5. The van der Waals surface area contributed by atoms with E-state index >= 15 is 0 Å². The van der Waals surface area contributed by atoms with E-state index in [1.165, 1.54) is 6.20 Å². The van der Waals surface area contributed by atoms with Gasteiger partial charge < -0.3 is 4.74 Å². The van der Waals surface area contributed by atoms with E-state index in [1.807, 2.05) is 12.1 Å². The van der Waals surface area contributed by atoms with Gasteiger partial charge in [0.2, 0.25) is 10.0 Å². The lowest BCUT2D eigenvalue weighted by atomic mass is 10.1. The third-order valence-corrected chi connectivity index (χ3v) is 5.93. The van der Waals surface area contributed by atoms with Gasteiger partial charge in [0.05, 0.1) is 7.11 Å². The SMILES string of the molecule is COc1cccc(Cl)c1[C@@H]1C[C@H]1NS(=O)(=O)c1cnccc1C. The molecule has 0 saturated heterocycles. The Hall–Kier alpha value is -1.63. The van der Waals surface area contributed by atoms with Gasteiger partial charge in [0.1, 0.15) is 10.6 Å². The van der Waals surface area contributed by atoms with Crippen LogP contribution in [0.1, 0.15) is 23.5 Å². The minimum absolute atomic E-state index is 0.0189. The van der Waals surface area contributed by atoms with Crippen LogP contribution < -0.4 is 9.46 Å². The number of sulfonamides is 1. The zero-order valence-corrected chi connectivity index (χ0v) is 14.4. The van der Waals surface area contributed by atoms with Gasteiger partial charge in [-0.3, -0.25) is 4.98 Å². The monoisotopic (exact) mass is 352 g/mol. The molecule has 0 spiro atoms. The molecule has 1 aliphatic carbocycles. The molecule has 1 heterocycles. The molecule has 0 radical (unpaired) electrons. The molecule has 23 heavy (non-hydrogen) atoms. The lowest BCUT2D eigenvalue weighted by Crippen LogP contribution is -2.27. The summed E-state index contributed by atoms with van der Waals surface area (Å²) in [4.78, 5) is 4.10. The fraction of sp³-hybridized carbons (Fsp3) is 0.312. The van der Waals surface area contributed by atoms with E-state index in [2.05, 4.69) is 9.71 Å². The Kier molecular flexibility index (Phi) is 4.31. The number of nitrogens with zero attached hydrogens (tertiary/aromatic N) is 1. The number of halogens is 1. The van der Waals surface area contributed by atoms with Crippen LogP contribution in [0.15, 0.2) is 41.6 Å². The lowest BCUT2D eigenvalue weighted by molar-refractivity contribution is 0.409. The summed E-state index contributed by atoms with van der Waals surface area (Å²) < 4.78 is 33.1. The Balaban J connectivity index is 1.82. The summed E-state index contributed by atoms with van der Waals surface area (Å²) in [7, 11) is -2.02. The van der Waals surface area contributed by atoms with Crippen LogP contribution in [0.4, 0.5) is 0 Å². The molecule has 1 saturated carbocycles. The van der Waals surface area contributed by atoms with Gasteiger partial charge in [-0.1, -0.05) is 17.7 Å². The molecule has 0 unspecified atom stereocenters. The average Bonchev–Trinajstić information content (AvgIpc) is 3.24. The van der Waals surface area contributed by atoms with Crippen LogP contribution in [-0.2, 0) is 10.0 Å². The van der Waals surface area contributed by atoms with Gasteiger partial charge >= 0.3 is 0 Å². The van der Waals surface area contributed by atoms with Gasteiger partial charge in [-0.05, 0) is 37.1 Å². The molecule has 1 aromatic heterocycles. The maximum Gasteiger partial charge on any atom is 0.242 e. The summed E-state index contributed by atoms with van der Waals surface area (Å²) in [6, 6.07) is 6.92. The van der Waals surface area contributed by atoms with Crippen molar-refractivity contribution >= 4 is 21.6 Å². The highest BCUT2D eigenvalue weighted by molar-refractivity contribution is 7.89. The van der Waals surface area contributed by atoms with Crippen molar-refractivity contribution in [3.05, 3.63) is 52.8 Å². The van der Waals surface area contributed by atoms with Crippen molar-refractivity contribution in [2.75, 3.05) is 7.11 Å². The van der Waals surface area contributed by atoms with Crippen molar-refractivity contribution in [1.29, 1.82) is 0 Å². The second-order valence-corrected chi connectivity index (χ2v) is 7.66. The van der Waals surface area contributed by atoms with Crippen LogP contribution >= 0.6 is 11.6 Å². The fourth-order valence-corrected chi connectivity index (χ4v) is 4.48. The Morgan fingerprint density at radius 3 is 2.83 bits per heavy atom. The van der Waals surface area contributed by atoms with Crippen molar-refractivity contribution in [3.63, 3.8) is 0 Å². The molecule has 0 amide bonds. The minimum Gasteiger partial charge on any atom is -0.496 e. The van der Waals surface area contributed by atoms with Crippen molar-refractivity contribution in [3.8, 4) is 5.75 Å². The van der Waals surface area contributed by atoms with Gasteiger partial charge in [0.25, 0.3) is 0 Å². The molecule has 1 N–H and O–H groups in total. The van der Waals surface area contributed by atoms with E-state index in [9.17, 15) is 8.42 Å². The first-order valence-electron chi connectivity index (χ1n) is 7.19. The first-order valence-corrected chi connectivity index (χ1v) is 9.05. The van der Waals surface area contributed by atoms with E-state index in [-0.39, 0.29) is 16.9 Å². The number of rotatable bonds is 5. The molecule has 2 aromatic rings. The average molecular weight is 353 g/mol. The highest BCUT2D eigenvalue weighted by Crippen LogP contribution is 2.48. The van der Waals surface area contributed by atoms with Crippen LogP contribution in [0, 0.1) is 6.92 Å². The van der Waals surface area contributed by atoms with Crippen LogP contribution in [0.2, 0.25) is 5.02 Å². The molecule has 3 rings (SSSR count). The highest BCUT2D eigenvalue weighted by atomic mass is 35.5. The van der Waals surface area contributed by atoms with Crippen molar-refractivity contribution in [2.24, 2.45) is 0 Å². The normalized spacial score (nSPS) is 20.3. The molecule has 7 heteroatoms. The van der Waals surface area contributed by atoms with E-state index < -0.39 is 10.0 Å². The topological polar surface area (TPSA) is 68.3 Å². The molecule has 0 bridgehead atoms. The van der Waals surface area contributed by atoms with E-state index in [0.29, 0.717) is 22.8 Å². The minimum atomic E-state index is -3.60. The molecular weight excluding hydrogens is 336 g/mol. The van der Waals surface area contributed by atoms with E-state index in [4.69, 9.17) is 16.3 Å². The molecule has 2 atom stereocenters. The van der Waals surface area contributed by atoms with E-state index in [0.717, 1.165) is 5.56 Å². The molecular formula is C16H17ClN2O3S.